The molecule has 1 saturated heterocycles. The molecule has 0 unspecified atom stereocenters. The summed E-state index contributed by atoms with van der Waals surface area (Å²) >= 11 is 8.39. The lowest BCUT2D eigenvalue weighted by Gasteiger charge is -2.37. The van der Waals surface area contributed by atoms with E-state index in [-0.39, 0.29) is 11.8 Å². The molecule has 2 aromatic carbocycles. The van der Waals surface area contributed by atoms with Crippen molar-refractivity contribution in [1.29, 1.82) is 0 Å². The Kier molecular flexibility index (Phi) is 7.18. The molecule has 0 atom stereocenters. The van der Waals surface area contributed by atoms with Gasteiger partial charge in [0.1, 0.15) is 0 Å². The summed E-state index contributed by atoms with van der Waals surface area (Å²) in [5, 5.41) is 3.56. The van der Waals surface area contributed by atoms with E-state index in [1.165, 1.54) is 0 Å². The molecule has 0 aromatic heterocycles. The van der Waals surface area contributed by atoms with E-state index in [4.69, 9.17) is 11.6 Å². The molecule has 1 aliphatic rings. The van der Waals surface area contributed by atoms with Gasteiger partial charge in [0.2, 0.25) is 5.91 Å². The Hall–Kier alpha value is -1.80. The van der Waals surface area contributed by atoms with Crippen LogP contribution in [-0.2, 0) is 4.79 Å². The molecule has 1 fully saturated rings. The van der Waals surface area contributed by atoms with E-state index >= 15 is 0 Å². The van der Waals surface area contributed by atoms with E-state index in [9.17, 15) is 9.59 Å². The van der Waals surface area contributed by atoms with E-state index in [1.54, 1.807) is 18.2 Å². The van der Waals surface area contributed by atoms with Crippen LogP contribution in [0.3, 0.4) is 0 Å². The van der Waals surface area contributed by atoms with Crippen LogP contribution in [0, 0.1) is 3.57 Å². The number of carbonyl (C=O) groups excluding carboxylic acids is 2. The summed E-state index contributed by atoms with van der Waals surface area (Å²) in [5.74, 6) is 0.0437. The molecule has 0 saturated carbocycles. The average Bonchev–Trinajstić information content (AvgIpc) is 2.69. The van der Waals surface area contributed by atoms with Gasteiger partial charge in [0.15, 0.2) is 0 Å². The van der Waals surface area contributed by atoms with E-state index in [0.29, 0.717) is 35.8 Å². The van der Waals surface area contributed by atoms with E-state index in [2.05, 4.69) is 32.8 Å². The lowest BCUT2D eigenvalue weighted by atomic mass is 10.1. The molecule has 1 heterocycles. The van der Waals surface area contributed by atoms with Crippen molar-refractivity contribution in [3.05, 3.63) is 56.6 Å². The van der Waals surface area contributed by atoms with Gasteiger partial charge in [0.05, 0.1) is 11.4 Å². The van der Waals surface area contributed by atoms with Crippen LogP contribution in [-0.4, -0.2) is 42.9 Å². The van der Waals surface area contributed by atoms with Crippen LogP contribution < -0.4 is 10.2 Å². The molecule has 5 nitrogen and oxygen atoms in total. The van der Waals surface area contributed by atoms with Gasteiger partial charge < -0.3 is 15.1 Å². The van der Waals surface area contributed by atoms with Crippen LogP contribution >= 0.6 is 34.2 Å². The molecule has 7 heteroatoms. The maximum atomic E-state index is 12.7. The topological polar surface area (TPSA) is 52.7 Å². The van der Waals surface area contributed by atoms with Crippen LogP contribution in [0.1, 0.15) is 30.1 Å². The Balaban J connectivity index is 1.73. The van der Waals surface area contributed by atoms with Crippen LogP contribution in [0.2, 0.25) is 5.02 Å². The first-order chi connectivity index (χ1) is 13.5. The maximum Gasteiger partial charge on any atom is 0.255 e. The summed E-state index contributed by atoms with van der Waals surface area (Å²) in [5.41, 5.74) is 2.21. The van der Waals surface area contributed by atoms with Crippen molar-refractivity contribution in [2.45, 2.75) is 19.8 Å². The van der Waals surface area contributed by atoms with Gasteiger partial charge in [0, 0.05) is 46.8 Å². The number of rotatable bonds is 5. The molecule has 0 spiro atoms. The lowest BCUT2D eigenvalue weighted by Crippen LogP contribution is -2.48. The minimum atomic E-state index is -0.170. The Labute approximate surface area is 184 Å². The van der Waals surface area contributed by atoms with Gasteiger partial charge in [-0.2, -0.15) is 0 Å². The van der Waals surface area contributed by atoms with Gasteiger partial charge in [-0.25, -0.2) is 0 Å². The quantitative estimate of drug-likeness (QED) is 0.595. The smallest absolute Gasteiger partial charge is 0.255 e. The molecule has 2 amide bonds. The third kappa shape index (κ3) is 5.17. The zero-order chi connectivity index (χ0) is 20.1. The molecule has 28 heavy (non-hydrogen) atoms. The van der Waals surface area contributed by atoms with Crippen molar-refractivity contribution in [1.82, 2.24) is 4.90 Å². The number of halogens is 2. The minimum absolute atomic E-state index is 0.170. The number of amides is 2. The highest BCUT2D eigenvalue weighted by Crippen LogP contribution is 2.30. The Morgan fingerprint density at radius 2 is 1.75 bits per heavy atom. The molecule has 1 aliphatic heterocycles. The summed E-state index contributed by atoms with van der Waals surface area (Å²) in [6.07, 6.45) is 1.46. The summed E-state index contributed by atoms with van der Waals surface area (Å²) < 4.78 is 1.08. The zero-order valence-electron chi connectivity index (χ0n) is 15.8. The number of benzene rings is 2. The Morgan fingerprint density at radius 3 is 2.39 bits per heavy atom. The normalized spacial score (nSPS) is 14.1. The molecule has 1 N–H and O–H groups in total. The van der Waals surface area contributed by atoms with E-state index in [1.807, 2.05) is 36.1 Å². The highest BCUT2D eigenvalue weighted by atomic mass is 127. The van der Waals surface area contributed by atoms with Crippen molar-refractivity contribution < 1.29 is 9.59 Å². The van der Waals surface area contributed by atoms with Gasteiger partial charge in [-0.1, -0.05) is 18.5 Å². The predicted molar refractivity (Wildman–Crippen MR) is 122 cm³/mol. The number of nitrogens with one attached hydrogen (secondary N) is 1. The first-order valence-electron chi connectivity index (χ1n) is 9.37. The van der Waals surface area contributed by atoms with Crippen LogP contribution in [0.4, 0.5) is 11.4 Å². The summed E-state index contributed by atoms with van der Waals surface area (Å²) in [6, 6.07) is 12.9. The van der Waals surface area contributed by atoms with Crippen molar-refractivity contribution in [2.24, 2.45) is 0 Å². The van der Waals surface area contributed by atoms with Crippen LogP contribution in [0.5, 0.6) is 0 Å². The molecule has 2 aromatic rings. The number of hydrogen-bond donors (Lipinski definition) is 1. The number of piperazine rings is 1. The predicted octanol–water partition coefficient (Wildman–Crippen LogP) is 4.65. The third-order valence-electron chi connectivity index (χ3n) is 4.75. The van der Waals surface area contributed by atoms with Crippen LogP contribution in [0.25, 0.3) is 0 Å². The fourth-order valence-electron chi connectivity index (χ4n) is 3.25. The van der Waals surface area contributed by atoms with Gasteiger partial charge in [-0.15, -0.1) is 0 Å². The average molecular weight is 512 g/mol. The molecule has 0 bridgehead atoms. The molecule has 0 radical (unpaired) electrons. The summed E-state index contributed by atoms with van der Waals surface area (Å²) in [4.78, 5) is 28.9. The first kappa shape index (κ1) is 20.9. The van der Waals surface area contributed by atoms with E-state index in [0.717, 1.165) is 28.8 Å². The number of hydrogen-bond acceptors (Lipinski definition) is 3. The second-order valence-electron chi connectivity index (χ2n) is 6.74. The Bertz CT molecular complexity index is 849. The largest absolute Gasteiger partial charge is 0.366 e. The monoisotopic (exact) mass is 511 g/mol. The molecule has 3 rings (SSSR count). The van der Waals surface area contributed by atoms with E-state index < -0.39 is 0 Å². The molecular formula is C21H23ClIN3O2. The van der Waals surface area contributed by atoms with Crippen molar-refractivity contribution in [3.63, 3.8) is 0 Å². The lowest BCUT2D eigenvalue weighted by molar-refractivity contribution is -0.131. The number of nitrogens with zero attached hydrogens (tertiary/aromatic N) is 2. The van der Waals surface area contributed by atoms with Gasteiger partial charge in [-0.3, -0.25) is 9.59 Å². The molecular weight excluding hydrogens is 489 g/mol. The minimum Gasteiger partial charge on any atom is -0.366 e. The third-order valence-corrected chi connectivity index (χ3v) is 5.70. The highest BCUT2D eigenvalue weighted by molar-refractivity contribution is 14.1. The second-order valence-corrected chi connectivity index (χ2v) is 8.42. The van der Waals surface area contributed by atoms with Crippen LogP contribution in [0.15, 0.2) is 42.5 Å². The van der Waals surface area contributed by atoms with Crippen molar-refractivity contribution >= 4 is 57.4 Å². The SMILES string of the molecule is CCCC(=O)N1CCN(c2ccc(Cl)cc2NC(=O)c2ccc(I)cc2)CC1. The fraction of sp³-hybridized carbons (Fsp3) is 0.333. The standard InChI is InChI=1S/C21H23ClIN3O2/c1-2-3-20(27)26-12-10-25(11-13-26)19-9-6-16(22)14-18(19)24-21(28)15-4-7-17(23)8-5-15/h4-9,14H,2-3,10-13H2,1H3,(H,24,28). The molecule has 0 aliphatic carbocycles. The van der Waals surface area contributed by atoms with Gasteiger partial charge in [-0.05, 0) is 71.5 Å². The second kappa shape index (κ2) is 9.60. The summed E-state index contributed by atoms with van der Waals surface area (Å²) in [7, 11) is 0. The fourth-order valence-corrected chi connectivity index (χ4v) is 3.78. The van der Waals surface area contributed by atoms with Crippen molar-refractivity contribution in [3.8, 4) is 0 Å². The number of carbonyl (C=O) groups is 2. The molecule has 148 valence electrons. The van der Waals surface area contributed by atoms with Crippen molar-refractivity contribution in [2.75, 3.05) is 36.4 Å². The summed E-state index contributed by atoms with van der Waals surface area (Å²) in [6.45, 7) is 4.84. The number of anilines is 2. The maximum absolute atomic E-state index is 12.7. The zero-order valence-corrected chi connectivity index (χ0v) is 18.7. The van der Waals surface area contributed by atoms with Gasteiger partial charge in [0.25, 0.3) is 5.91 Å². The highest BCUT2D eigenvalue weighted by Gasteiger charge is 2.23. The Morgan fingerprint density at radius 1 is 1.07 bits per heavy atom. The first-order valence-corrected chi connectivity index (χ1v) is 10.8. The van der Waals surface area contributed by atoms with Gasteiger partial charge >= 0.3 is 0 Å².